The second-order valence-corrected chi connectivity index (χ2v) is 5.55. The van der Waals surface area contributed by atoms with Crippen LogP contribution in [-0.2, 0) is 0 Å². The molecule has 0 spiro atoms. The molecule has 22 heavy (non-hydrogen) atoms. The molecule has 0 saturated carbocycles. The number of hydrogen-bond acceptors (Lipinski definition) is 3. The number of amides is 1. The molecule has 2 aromatic rings. The minimum absolute atomic E-state index is 0.113. The van der Waals surface area contributed by atoms with Crippen molar-refractivity contribution in [3.05, 3.63) is 57.6 Å². The maximum Gasteiger partial charge on any atom is 0.335 e. The standard InChI is InChI=1S/C16H14BrNO4/c1-9-3-4-10(16(20)21)7-13(9)18-15(19)12-8-11(17)5-6-14(12)22-2/h3-8H,1-2H3,(H,18,19)(H,20,21). The van der Waals surface area contributed by atoms with E-state index < -0.39 is 5.97 Å². The largest absolute Gasteiger partial charge is 0.496 e. The second kappa shape index (κ2) is 6.62. The van der Waals surface area contributed by atoms with Crippen molar-refractivity contribution in [3.8, 4) is 5.75 Å². The molecule has 0 aromatic heterocycles. The predicted octanol–water partition coefficient (Wildman–Crippen LogP) is 3.72. The van der Waals surface area contributed by atoms with Gasteiger partial charge in [-0.15, -0.1) is 0 Å². The number of ether oxygens (including phenoxy) is 1. The van der Waals surface area contributed by atoms with Crippen LogP contribution in [0, 0.1) is 6.92 Å². The molecular weight excluding hydrogens is 350 g/mol. The van der Waals surface area contributed by atoms with Crippen molar-refractivity contribution in [1.29, 1.82) is 0 Å². The molecule has 2 N–H and O–H groups in total. The molecule has 0 fully saturated rings. The normalized spacial score (nSPS) is 10.1. The van der Waals surface area contributed by atoms with Crippen LogP contribution in [-0.4, -0.2) is 24.1 Å². The van der Waals surface area contributed by atoms with Crippen LogP contribution >= 0.6 is 15.9 Å². The zero-order valence-corrected chi connectivity index (χ0v) is 13.6. The molecule has 0 atom stereocenters. The van der Waals surface area contributed by atoms with Crippen LogP contribution in [0.15, 0.2) is 40.9 Å². The molecule has 2 rings (SSSR count). The number of aryl methyl sites for hydroxylation is 1. The highest BCUT2D eigenvalue weighted by atomic mass is 79.9. The minimum atomic E-state index is -1.05. The van der Waals surface area contributed by atoms with Crippen LogP contribution in [0.1, 0.15) is 26.3 Å². The summed E-state index contributed by atoms with van der Waals surface area (Å²) >= 11 is 3.31. The average Bonchev–Trinajstić information content (AvgIpc) is 2.49. The van der Waals surface area contributed by atoms with E-state index in [0.29, 0.717) is 17.0 Å². The van der Waals surface area contributed by atoms with Gasteiger partial charge in [0.1, 0.15) is 5.75 Å². The van der Waals surface area contributed by atoms with Gasteiger partial charge in [0, 0.05) is 10.2 Å². The summed E-state index contributed by atoms with van der Waals surface area (Å²) in [6.45, 7) is 1.79. The number of methoxy groups -OCH3 is 1. The third kappa shape index (κ3) is 3.46. The number of aromatic carboxylic acids is 1. The van der Waals surface area contributed by atoms with Gasteiger partial charge >= 0.3 is 5.97 Å². The Hall–Kier alpha value is -2.34. The smallest absolute Gasteiger partial charge is 0.335 e. The maximum atomic E-state index is 12.4. The molecule has 0 aliphatic rings. The zero-order valence-electron chi connectivity index (χ0n) is 12.0. The summed E-state index contributed by atoms with van der Waals surface area (Å²) in [5, 5.41) is 11.8. The van der Waals surface area contributed by atoms with E-state index in [1.165, 1.54) is 19.2 Å². The van der Waals surface area contributed by atoms with Crippen LogP contribution in [0.5, 0.6) is 5.75 Å². The highest BCUT2D eigenvalue weighted by molar-refractivity contribution is 9.10. The number of rotatable bonds is 4. The number of anilines is 1. The van der Waals surface area contributed by atoms with Gasteiger partial charge in [-0.1, -0.05) is 22.0 Å². The lowest BCUT2D eigenvalue weighted by Gasteiger charge is -2.12. The summed E-state index contributed by atoms with van der Waals surface area (Å²) in [4.78, 5) is 23.4. The van der Waals surface area contributed by atoms with E-state index in [1.807, 2.05) is 0 Å². The molecule has 0 aliphatic carbocycles. The predicted molar refractivity (Wildman–Crippen MR) is 86.8 cm³/mol. The molecular formula is C16H14BrNO4. The number of carboxylic acids is 1. The average molecular weight is 364 g/mol. The topological polar surface area (TPSA) is 75.6 Å². The maximum absolute atomic E-state index is 12.4. The van der Waals surface area contributed by atoms with Crippen molar-refractivity contribution in [2.75, 3.05) is 12.4 Å². The van der Waals surface area contributed by atoms with E-state index in [0.717, 1.165) is 10.0 Å². The summed E-state index contributed by atoms with van der Waals surface area (Å²) in [7, 11) is 1.48. The highest BCUT2D eigenvalue weighted by Crippen LogP contribution is 2.25. The Kier molecular flexibility index (Phi) is 4.82. The molecule has 0 radical (unpaired) electrons. The fourth-order valence-corrected chi connectivity index (χ4v) is 2.30. The van der Waals surface area contributed by atoms with E-state index >= 15 is 0 Å². The van der Waals surface area contributed by atoms with Crippen molar-refractivity contribution in [2.24, 2.45) is 0 Å². The van der Waals surface area contributed by atoms with E-state index in [1.54, 1.807) is 31.2 Å². The fourth-order valence-electron chi connectivity index (χ4n) is 1.94. The summed E-state index contributed by atoms with van der Waals surface area (Å²) in [5.74, 6) is -0.980. The second-order valence-electron chi connectivity index (χ2n) is 4.63. The van der Waals surface area contributed by atoms with Gasteiger partial charge in [-0.05, 0) is 42.8 Å². The van der Waals surface area contributed by atoms with Crippen molar-refractivity contribution in [1.82, 2.24) is 0 Å². The van der Waals surface area contributed by atoms with E-state index in [-0.39, 0.29) is 11.5 Å². The first kappa shape index (κ1) is 16.0. The van der Waals surface area contributed by atoms with Gasteiger partial charge in [-0.2, -0.15) is 0 Å². The Morgan fingerprint density at radius 3 is 2.55 bits per heavy atom. The number of nitrogens with one attached hydrogen (secondary N) is 1. The van der Waals surface area contributed by atoms with Crippen LogP contribution in [0.2, 0.25) is 0 Å². The van der Waals surface area contributed by atoms with Gasteiger partial charge in [0.15, 0.2) is 0 Å². The van der Waals surface area contributed by atoms with E-state index in [4.69, 9.17) is 9.84 Å². The van der Waals surface area contributed by atoms with E-state index in [2.05, 4.69) is 21.2 Å². The number of carbonyl (C=O) groups excluding carboxylic acids is 1. The van der Waals surface area contributed by atoms with Gasteiger partial charge in [0.05, 0.1) is 18.2 Å². The number of halogens is 1. The molecule has 1 amide bonds. The lowest BCUT2D eigenvalue weighted by atomic mass is 10.1. The number of carboxylic acid groups (broad SMARTS) is 1. The van der Waals surface area contributed by atoms with Gasteiger partial charge in [-0.3, -0.25) is 4.79 Å². The van der Waals surface area contributed by atoms with Gasteiger partial charge in [-0.25, -0.2) is 4.79 Å². The Labute approximate surface area is 136 Å². The Bertz CT molecular complexity index is 743. The summed E-state index contributed by atoms with van der Waals surface area (Å²) in [6.07, 6.45) is 0. The van der Waals surface area contributed by atoms with Crippen LogP contribution < -0.4 is 10.1 Å². The molecule has 0 heterocycles. The van der Waals surface area contributed by atoms with Crippen LogP contribution in [0.3, 0.4) is 0 Å². The fraction of sp³-hybridized carbons (Fsp3) is 0.125. The first-order valence-electron chi connectivity index (χ1n) is 6.41. The van der Waals surface area contributed by atoms with Crippen molar-refractivity contribution < 1.29 is 19.4 Å². The molecule has 0 unspecified atom stereocenters. The molecule has 5 nitrogen and oxygen atoms in total. The molecule has 2 aromatic carbocycles. The third-order valence-electron chi connectivity index (χ3n) is 3.14. The number of carbonyl (C=O) groups is 2. The lowest BCUT2D eigenvalue weighted by Crippen LogP contribution is -2.14. The van der Waals surface area contributed by atoms with Crippen molar-refractivity contribution >= 4 is 33.5 Å². The minimum Gasteiger partial charge on any atom is -0.496 e. The molecule has 0 bridgehead atoms. The van der Waals surface area contributed by atoms with Crippen molar-refractivity contribution in [3.63, 3.8) is 0 Å². The Balaban J connectivity index is 2.35. The molecule has 6 heteroatoms. The van der Waals surface area contributed by atoms with Crippen LogP contribution in [0.4, 0.5) is 5.69 Å². The Morgan fingerprint density at radius 2 is 1.91 bits per heavy atom. The first-order chi connectivity index (χ1) is 10.4. The summed E-state index contributed by atoms with van der Waals surface area (Å²) < 4.78 is 5.92. The monoisotopic (exact) mass is 363 g/mol. The number of hydrogen-bond donors (Lipinski definition) is 2. The zero-order chi connectivity index (χ0) is 16.3. The third-order valence-corrected chi connectivity index (χ3v) is 3.63. The SMILES string of the molecule is COc1ccc(Br)cc1C(=O)Nc1cc(C(=O)O)ccc1C. The van der Waals surface area contributed by atoms with Crippen LogP contribution in [0.25, 0.3) is 0 Å². The highest BCUT2D eigenvalue weighted by Gasteiger charge is 2.15. The lowest BCUT2D eigenvalue weighted by molar-refractivity contribution is 0.0696. The van der Waals surface area contributed by atoms with Gasteiger partial charge < -0.3 is 15.2 Å². The van der Waals surface area contributed by atoms with Gasteiger partial charge in [0.2, 0.25) is 0 Å². The molecule has 114 valence electrons. The first-order valence-corrected chi connectivity index (χ1v) is 7.20. The summed E-state index contributed by atoms with van der Waals surface area (Å²) in [6, 6.07) is 9.67. The van der Waals surface area contributed by atoms with Crippen molar-refractivity contribution in [2.45, 2.75) is 6.92 Å². The summed E-state index contributed by atoms with van der Waals surface area (Å²) in [5.41, 5.74) is 1.69. The number of benzene rings is 2. The Morgan fingerprint density at radius 1 is 1.18 bits per heavy atom. The quantitative estimate of drug-likeness (QED) is 0.867. The molecule has 0 aliphatic heterocycles. The van der Waals surface area contributed by atoms with E-state index in [9.17, 15) is 9.59 Å². The molecule has 0 saturated heterocycles. The van der Waals surface area contributed by atoms with Gasteiger partial charge in [0.25, 0.3) is 5.91 Å².